The van der Waals surface area contributed by atoms with E-state index in [1.165, 1.54) is 0 Å². The van der Waals surface area contributed by atoms with Gasteiger partial charge in [0.05, 0.1) is 0 Å². The first-order valence-electron chi connectivity index (χ1n) is 1.34. The van der Waals surface area contributed by atoms with E-state index < -0.39 is 0 Å². The van der Waals surface area contributed by atoms with E-state index in [9.17, 15) is 0 Å². The van der Waals surface area contributed by atoms with Gasteiger partial charge in [0.2, 0.25) is 0 Å². The quantitative estimate of drug-likeness (QED) is 0.471. The molecule has 0 bridgehead atoms. The van der Waals surface area contributed by atoms with Crippen molar-refractivity contribution in [2.45, 2.75) is 0 Å². The molecular formula is C6AgFeN6-2. The molecule has 0 aliphatic carbocycles. The summed E-state index contributed by atoms with van der Waals surface area (Å²) in [6, 6.07) is 0. The third-order valence-electron chi connectivity index (χ3n) is 0. The van der Waals surface area contributed by atoms with E-state index in [1.807, 2.05) is 0 Å². The molecule has 0 fully saturated rings. The van der Waals surface area contributed by atoms with Crippen LogP contribution in [0.2, 0.25) is 0 Å². The third kappa shape index (κ3) is 266. The number of hydrogen-bond donors (Lipinski definition) is 0. The zero-order valence-electron chi connectivity index (χ0n) is 6.34. The molecule has 8 heteroatoms. The molecule has 0 aromatic heterocycles. The van der Waals surface area contributed by atoms with Crippen molar-refractivity contribution in [2.24, 2.45) is 0 Å². The standard InChI is InChI=1S/6CN.Ag.Fe/c6*1-2;;/q6*-1;+1;+3. The minimum atomic E-state index is 0. The van der Waals surface area contributed by atoms with Gasteiger partial charge in [-0.15, -0.1) is 0 Å². The number of nitrogens with zero attached hydrogens (tertiary/aromatic N) is 6. The van der Waals surface area contributed by atoms with Crippen molar-refractivity contribution < 1.29 is 39.4 Å². The van der Waals surface area contributed by atoms with Gasteiger partial charge in [-0.05, 0) is 0 Å². The molecule has 0 atom stereocenters. The Kier molecular flexibility index (Phi) is 2230. The Balaban J connectivity index is -0.00000000500. The van der Waals surface area contributed by atoms with Crippen LogP contribution in [0.25, 0.3) is 0 Å². The Bertz CT molecular complexity index is 97.3. The fourth-order valence-electron chi connectivity index (χ4n) is 0. The van der Waals surface area contributed by atoms with Gasteiger partial charge in [0.15, 0.2) is 0 Å². The summed E-state index contributed by atoms with van der Waals surface area (Å²) in [6.45, 7) is 28.5. The summed E-state index contributed by atoms with van der Waals surface area (Å²) >= 11 is 0. The van der Waals surface area contributed by atoms with Gasteiger partial charge in [-0.2, -0.15) is 0 Å². The van der Waals surface area contributed by atoms with Crippen molar-refractivity contribution in [1.82, 2.24) is 0 Å². The molecular weight excluding hydrogens is 320 g/mol. The fraction of sp³-hybridized carbons (Fsp3) is 0. The molecule has 0 aliphatic heterocycles. The van der Waals surface area contributed by atoms with Crippen molar-refractivity contribution in [1.29, 1.82) is 31.6 Å². The molecule has 0 heterocycles. The van der Waals surface area contributed by atoms with E-state index in [4.69, 9.17) is 71.0 Å². The van der Waals surface area contributed by atoms with Gasteiger partial charge in [0.25, 0.3) is 0 Å². The van der Waals surface area contributed by atoms with Crippen molar-refractivity contribution in [3.05, 3.63) is 39.4 Å². The van der Waals surface area contributed by atoms with Crippen molar-refractivity contribution in [3.63, 3.8) is 0 Å². The second kappa shape index (κ2) is 360. The van der Waals surface area contributed by atoms with E-state index in [0.717, 1.165) is 0 Å². The molecule has 0 unspecified atom stereocenters. The molecule has 75 valence electrons. The summed E-state index contributed by atoms with van der Waals surface area (Å²) in [5.41, 5.74) is 0. The van der Waals surface area contributed by atoms with Crippen LogP contribution in [0.4, 0.5) is 0 Å². The predicted octanol–water partition coefficient (Wildman–Crippen LogP) is 0.573. The van der Waals surface area contributed by atoms with E-state index in [-0.39, 0.29) is 39.4 Å². The molecule has 0 aromatic rings. The average Bonchev–Trinajstić information content (AvgIpc) is 2.33. The summed E-state index contributed by atoms with van der Waals surface area (Å²) in [5.74, 6) is 0. The summed E-state index contributed by atoms with van der Waals surface area (Å²) in [5, 5.41) is 37.5. The Morgan fingerprint density at radius 3 is 0.357 bits per heavy atom. The van der Waals surface area contributed by atoms with Crippen LogP contribution in [-0.4, -0.2) is 0 Å². The summed E-state index contributed by atoms with van der Waals surface area (Å²) in [6.07, 6.45) is 0. The Labute approximate surface area is 110 Å². The summed E-state index contributed by atoms with van der Waals surface area (Å²) in [7, 11) is 0. The van der Waals surface area contributed by atoms with E-state index >= 15 is 0 Å². The number of rotatable bonds is 0. The molecule has 0 spiro atoms. The molecule has 0 saturated carbocycles. The predicted molar refractivity (Wildman–Crippen MR) is 29.8 cm³/mol. The van der Waals surface area contributed by atoms with Crippen molar-refractivity contribution in [3.8, 4) is 0 Å². The first-order chi connectivity index (χ1) is 6.00. The molecule has 0 rings (SSSR count). The van der Waals surface area contributed by atoms with Crippen LogP contribution < -0.4 is 0 Å². The maximum atomic E-state index is 6.25. The van der Waals surface area contributed by atoms with Gasteiger partial charge < -0.3 is 71.0 Å². The molecule has 0 saturated heterocycles. The van der Waals surface area contributed by atoms with Crippen LogP contribution in [0.5, 0.6) is 0 Å². The Hall–Kier alpha value is -1.80. The topological polar surface area (TPSA) is 143 Å². The molecule has 1 radical (unpaired) electrons. The molecule has 0 aliphatic rings. The molecule has 14 heavy (non-hydrogen) atoms. The van der Waals surface area contributed by atoms with E-state index in [1.54, 1.807) is 0 Å². The monoisotopic (exact) mass is 319 g/mol. The largest absolute Gasteiger partial charge is 3.00 e. The smallest absolute Gasteiger partial charge is 0.512 e. The van der Waals surface area contributed by atoms with Crippen LogP contribution in [0, 0.1) is 71.0 Å². The van der Waals surface area contributed by atoms with E-state index in [2.05, 4.69) is 0 Å². The Morgan fingerprint density at radius 1 is 0.357 bits per heavy atom. The second-order valence-electron chi connectivity index (χ2n) is 0. The van der Waals surface area contributed by atoms with Crippen LogP contribution in [0.1, 0.15) is 0 Å². The molecule has 6 nitrogen and oxygen atoms in total. The molecule has 0 aromatic carbocycles. The summed E-state index contributed by atoms with van der Waals surface area (Å²) in [4.78, 5) is 0. The average molecular weight is 320 g/mol. The zero-order chi connectivity index (χ0) is 12.0. The number of hydrogen-bond acceptors (Lipinski definition) is 6. The van der Waals surface area contributed by atoms with Crippen molar-refractivity contribution in [2.75, 3.05) is 0 Å². The summed E-state index contributed by atoms with van der Waals surface area (Å²) < 4.78 is 0. The SMILES string of the molecule is [Ag+].[C-]#N.[C-]#N.[C-]#N.[C-]#N.[C-]#N.[C-]#N.[Fe+3]. The third-order valence-corrected chi connectivity index (χ3v) is 0. The van der Waals surface area contributed by atoms with Gasteiger partial charge >= 0.3 is 39.4 Å². The minimum Gasteiger partial charge on any atom is -0.512 e. The van der Waals surface area contributed by atoms with Gasteiger partial charge in [-0.3, -0.25) is 0 Å². The first kappa shape index (κ1) is 86.8. The molecule has 0 N–H and O–H groups in total. The maximum absolute atomic E-state index is 6.25. The van der Waals surface area contributed by atoms with Gasteiger partial charge in [-0.1, -0.05) is 0 Å². The normalized spacial score (nSPS) is 0.857. The minimum absolute atomic E-state index is 0. The van der Waals surface area contributed by atoms with Gasteiger partial charge in [-0.25, -0.2) is 0 Å². The van der Waals surface area contributed by atoms with Crippen LogP contribution in [-0.2, 0) is 39.4 Å². The van der Waals surface area contributed by atoms with Crippen LogP contribution >= 0.6 is 0 Å². The molecule has 0 amide bonds. The first-order valence-corrected chi connectivity index (χ1v) is 1.34. The zero-order valence-corrected chi connectivity index (χ0v) is 8.92. The van der Waals surface area contributed by atoms with Gasteiger partial charge in [0, 0.05) is 0 Å². The van der Waals surface area contributed by atoms with Crippen LogP contribution in [0.15, 0.2) is 0 Å². The van der Waals surface area contributed by atoms with Gasteiger partial charge in [0.1, 0.15) is 0 Å². The second-order valence-corrected chi connectivity index (χ2v) is 0. The van der Waals surface area contributed by atoms with Crippen molar-refractivity contribution >= 4 is 0 Å². The fourth-order valence-corrected chi connectivity index (χ4v) is 0. The Morgan fingerprint density at radius 2 is 0.357 bits per heavy atom. The van der Waals surface area contributed by atoms with Crippen LogP contribution in [0.3, 0.4) is 0 Å². The van der Waals surface area contributed by atoms with E-state index in [0.29, 0.717) is 0 Å². The maximum Gasteiger partial charge on any atom is 3.00 e.